The van der Waals surface area contributed by atoms with Gasteiger partial charge in [0.25, 0.3) is 0 Å². The van der Waals surface area contributed by atoms with E-state index in [0.717, 1.165) is 5.56 Å². The first-order valence-corrected chi connectivity index (χ1v) is 6.11. The fourth-order valence-electron chi connectivity index (χ4n) is 1.86. The van der Waals surface area contributed by atoms with Gasteiger partial charge in [0.1, 0.15) is 0 Å². The van der Waals surface area contributed by atoms with Crippen molar-refractivity contribution in [2.24, 2.45) is 0 Å². The lowest BCUT2D eigenvalue weighted by molar-refractivity contribution is 0.881. The first-order valence-electron chi connectivity index (χ1n) is 5.23. The van der Waals surface area contributed by atoms with Gasteiger partial charge in [-0.05, 0) is 17.7 Å². The summed E-state index contributed by atoms with van der Waals surface area (Å²) < 4.78 is 0. The van der Waals surface area contributed by atoms with Gasteiger partial charge in [0.15, 0.2) is 0 Å². The fourth-order valence-corrected chi connectivity index (χ4v) is 2.72. The van der Waals surface area contributed by atoms with Crippen LogP contribution in [0.2, 0.25) is 0 Å². The van der Waals surface area contributed by atoms with Gasteiger partial charge >= 0.3 is 0 Å². The van der Waals surface area contributed by atoms with E-state index < -0.39 is 0 Å². The first kappa shape index (κ1) is 10.2. The maximum absolute atomic E-state index is 4.05. The maximum Gasteiger partial charge on any atom is 0.206 e. The predicted octanol–water partition coefficient (Wildman–Crippen LogP) is 2.90. The van der Waals surface area contributed by atoms with Crippen molar-refractivity contribution in [1.82, 2.24) is 20.6 Å². The molecule has 2 aromatic heterocycles. The molecule has 0 saturated heterocycles. The molecule has 0 unspecified atom stereocenters. The third kappa shape index (κ3) is 1.74. The van der Waals surface area contributed by atoms with Crippen molar-refractivity contribution in [1.29, 1.82) is 0 Å². The molecule has 0 aliphatic rings. The minimum atomic E-state index is 0.646. The number of hydrogen-bond donors (Lipinski definition) is 1. The van der Waals surface area contributed by atoms with Gasteiger partial charge in [0, 0.05) is 21.4 Å². The second-order valence-corrected chi connectivity index (χ2v) is 4.77. The molecule has 0 fully saturated rings. The van der Waals surface area contributed by atoms with E-state index in [0.29, 0.717) is 5.82 Å². The predicted molar refractivity (Wildman–Crippen MR) is 67.7 cm³/mol. The van der Waals surface area contributed by atoms with Gasteiger partial charge < -0.3 is 0 Å². The van der Waals surface area contributed by atoms with Crippen LogP contribution < -0.4 is 0 Å². The third-order valence-corrected chi connectivity index (χ3v) is 3.53. The number of benzene rings is 1. The number of nitrogens with zero attached hydrogens (tertiary/aromatic N) is 3. The second kappa shape index (κ2) is 4.10. The van der Waals surface area contributed by atoms with Crippen molar-refractivity contribution < 1.29 is 0 Å². The number of tetrazole rings is 1. The molecule has 0 spiro atoms. The Labute approximate surface area is 102 Å². The summed E-state index contributed by atoms with van der Waals surface area (Å²) in [6.45, 7) is 2.11. The number of aryl methyl sites for hydroxylation is 1. The zero-order chi connectivity index (χ0) is 11.7. The summed E-state index contributed by atoms with van der Waals surface area (Å²) in [5.41, 5.74) is 3.41. The Bertz CT molecular complexity index is 613. The summed E-state index contributed by atoms with van der Waals surface area (Å²) >= 11 is 1.70. The molecule has 5 heteroatoms. The van der Waals surface area contributed by atoms with E-state index in [-0.39, 0.29) is 0 Å². The lowest BCUT2D eigenvalue weighted by atomic mass is 10.0. The van der Waals surface area contributed by atoms with Crippen LogP contribution in [0.1, 0.15) is 4.88 Å². The van der Waals surface area contributed by atoms with E-state index in [2.05, 4.69) is 45.1 Å². The van der Waals surface area contributed by atoms with Crippen molar-refractivity contribution in [3.05, 3.63) is 40.6 Å². The van der Waals surface area contributed by atoms with Crippen LogP contribution in [0.4, 0.5) is 0 Å². The third-order valence-electron chi connectivity index (χ3n) is 2.62. The molecule has 2 heterocycles. The number of thiophene rings is 1. The van der Waals surface area contributed by atoms with Gasteiger partial charge in [-0.2, -0.15) is 5.21 Å². The number of aromatic nitrogens is 4. The van der Waals surface area contributed by atoms with Crippen molar-refractivity contribution in [3.8, 4) is 22.5 Å². The van der Waals surface area contributed by atoms with Gasteiger partial charge in [0.2, 0.25) is 5.82 Å². The molecule has 0 saturated carbocycles. The number of nitrogens with one attached hydrogen (secondary N) is 1. The van der Waals surface area contributed by atoms with Crippen molar-refractivity contribution in [3.63, 3.8) is 0 Å². The fraction of sp³-hybridized carbons (Fsp3) is 0.0833. The van der Waals surface area contributed by atoms with Crippen LogP contribution in [-0.2, 0) is 0 Å². The molecule has 0 aliphatic heterocycles. The molecule has 84 valence electrons. The Morgan fingerprint density at radius 2 is 2.00 bits per heavy atom. The van der Waals surface area contributed by atoms with Crippen LogP contribution in [0.25, 0.3) is 22.5 Å². The van der Waals surface area contributed by atoms with Gasteiger partial charge in [-0.3, -0.25) is 0 Å². The molecule has 0 atom stereocenters. The molecule has 0 bridgehead atoms. The topological polar surface area (TPSA) is 54.5 Å². The molecule has 0 aliphatic carbocycles. The molecular formula is C12H10N4S. The Hall–Kier alpha value is -2.01. The monoisotopic (exact) mass is 242 g/mol. The summed E-state index contributed by atoms with van der Waals surface area (Å²) in [6.07, 6.45) is 0. The molecule has 4 nitrogen and oxygen atoms in total. The van der Waals surface area contributed by atoms with Gasteiger partial charge in [-0.1, -0.05) is 30.3 Å². The van der Waals surface area contributed by atoms with Gasteiger partial charge in [-0.25, -0.2) is 0 Å². The first-order chi connectivity index (χ1) is 8.36. The van der Waals surface area contributed by atoms with E-state index in [4.69, 9.17) is 0 Å². The molecular weight excluding hydrogens is 232 g/mol. The molecule has 0 radical (unpaired) electrons. The second-order valence-electron chi connectivity index (χ2n) is 3.68. The SMILES string of the molecule is Cc1scc(-c2nn[nH]n2)c1-c1ccccc1. The standard InChI is InChI=1S/C12H10N4S/c1-8-11(9-5-3-2-4-6-9)10(7-17-8)12-13-15-16-14-12/h2-7H,1H3,(H,13,14,15,16). The number of aromatic amines is 1. The Kier molecular flexibility index (Phi) is 2.45. The summed E-state index contributed by atoms with van der Waals surface area (Å²) in [5.74, 6) is 0.646. The average molecular weight is 242 g/mol. The van der Waals surface area contributed by atoms with Crippen molar-refractivity contribution >= 4 is 11.3 Å². The summed E-state index contributed by atoms with van der Waals surface area (Å²) in [7, 11) is 0. The highest BCUT2D eigenvalue weighted by Gasteiger charge is 2.15. The number of rotatable bonds is 2. The quantitative estimate of drug-likeness (QED) is 0.751. The van der Waals surface area contributed by atoms with E-state index in [9.17, 15) is 0 Å². The van der Waals surface area contributed by atoms with Crippen LogP contribution in [-0.4, -0.2) is 20.6 Å². The number of hydrogen-bond acceptors (Lipinski definition) is 4. The van der Waals surface area contributed by atoms with E-state index in [1.807, 2.05) is 18.2 Å². The summed E-state index contributed by atoms with van der Waals surface area (Å²) in [6, 6.07) is 10.3. The minimum absolute atomic E-state index is 0.646. The van der Waals surface area contributed by atoms with Crippen LogP contribution >= 0.6 is 11.3 Å². The normalized spacial score (nSPS) is 10.6. The highest BCUT2D eigenvalue weighted by molar-refractivity contribution is 7.10. The Balaban J connectivity index is 2.20. The minimum Gasteiger partial charge on any atom is -0.177 e. The zero-order valence-corrected chi connectivity index (χ0v) is 10.0. The van der Waals surface area contributed by atoms with Gasteiger partial charge in [0.05, 0.1) is 0 Å². The molecule has 3 rings (SSSR count). The molecule has 3 aromatic rings. The largest absolute Gasteiger partial charge is 0.206 e. The number of H-pyrrole nitrogens is 1. The molecule has 1 N–H and O–H groups in total. The van der Waals surface area contributed by atoms with Crippen LogP contribution in [0.5, 0.6) is 0 Å². The lowest BCUT2D eigenvalue weighted by Crippen LogP contribution is -1.84. The zero-order valence-electron chi connectivity index (χ0n) is 9.21. The van der Waals surface area contributed by atoms with E-state index >= 15 is 0 Å². The van der Waals surface area contributed by atoms with E-state index in [1.165, 1.54) is 16.0 Å². The Morgan fingerprint density at radius 3 is 2.71 bits per heavy atom. The average Bonchev–Trinajstić information content (AvgIpc) is 2.98. The van der Waals surface area contributed by atoms with Crippen LogP contribution in [0, 0.1) is 6.92 Å². The highest BCUT2D eigenvalue weighted by atomic mass is 32.1. The summed E-state index contributed by atoms with van der Waals surface area (Å²) in [5, 5.41) is 16.3. The van der Waals surface area contributed by atoms with Gasteiger partial charge in [-0.15, -0.1) is 21.5 Å². The molecule has 0 amide bonds. The smallest absolute Gasteiger partial charge is 0.177 e. The Morgan fingerprint density at radius 1 is 1.18 bits per heavy atom. The van der Waals surface area contributed by atoms with Crippen LogP contribution in [0.3, 0.4) is 0 Å². The van der Waals surface area contributed by atoms with Crippen molar-refractivity contribution in [2.45, 2.75) is 6.92 Å². The van der Waals surface area contributed by atoms with Crippen molar-refractivity contribution in [2.75, 3.05) is 0 Å². The molecule has 17 heavy (non-hydrogen) atoms. The highest BCUT2D eigenvalue weighted by Crippen LogP contribution is 2.36. The van der Waals surface area contributed by atoms with Crippen LogP contribution in [0.15, 0.2) is 35.7 Å². The van der Waals surface area contributed by atoms with E-state index in [1.54, 1.807) is 11.3 Å². The maximum atomic E-state index is 4.05. The lowest BCUT2D eigenvalue weighted by Gasteiger charge is -2.02. The molecule has 1 aromatic carbocycles. The summed E-state index contributed by atoms with van der Waals surface area (Å²) in [4.78, 5) is 1.26.